The second-order valence-electron chi connectivity index (χ2n) is 5.75. The smallest absolute Gasteiger partial charge is 0.418 e. The van der Waals surface area contributed by atoms with Crippen LogP contribution in [0.5, 0.6) is 0 Å². The van der Waals surface area contributed by atoms with Crippen molar-refractivity contribution < 1.29 is 40.7 Å². The number of esters is 1. The monoisotopic (exact) mass is 456 g/mol. The van der Waals surface area contributed by atoms with E-state index in [0.717, 1.165) is 12.1 Å². The molecule has 0 saturated heterocycles. The van der Waals surface area contributed by atoms with Gasteiger partial charge in [0.25, 0.3) is 11.5 Å². The summed E-state index contributed by atoms with van der Waals surface area (Å²) in [5.74, 6) is -2.44. The highest BCUT2D eigenvalue weighted by molar-refractivity contribution is 6.34. The highest BCUT2D eigenvalue weighted by atomic mass is 35.5. The van der Waals surface area contributed by atoms with Crippen LogP contribution in [-0.4, -0.2) is 23.1 Å². The van der Waals surface area contributed by atoms with Gasteiger partial charge in [-0.05, 0) is 18.2 Å². The van der Waals surface area contributed by atoms with Gasteiger partial charge in [-0.2, -0.15) is 26.3 Å². The average Bonchev–Trinajstić information content (AvgIpc) is 2.61. The van der Waals surface area contributed by atoms with Crippen molar-refractivity contribution in [1.29, 1.82) is 0 Å². The lowest BCUT2D eigenvalue weighted by Gasteiger charge is -2.15. The standard InChI is InChI=1S/C17H11ClF6N2O4/c18-11-3-1-2-10(17(22,23)24)15(11)25-12(27)8-30-14(29)7-26-6-9(16(19,20)21)4-5-13(26)28/h1-6H,7-8H2,(H,25,27). The van der Waals surface area contributed by atoms with Crippen LogP contribution in [0.4, 0.5) is 32.0 Å². The number of alkyl halides is 6. The Morgan fingerprint density at radius 1 is 1.03 bits per heavy atom. The van der Waals surface area contributed by atoms with Crippen LogP contribution >= 0.6 is 11.6 Å². The minimum Gasteiger partial charge on any atom is -0.454 e. The predicted octanol–water partition coefficient (Wildman–Crippen LogP) is 3.72. The molecule has 13 heteroatoms. The molecule has 0 aliphatic rings. The normalized spacial score (nSPS) is 11.8. The Kier molecular flexibility index (Phi) is 6.80. The van der Waals surface area contributed by atoms with Crippen LogP contribution < -0.4 is 10.9 Å². The van der Waals surface area contributed by atoms with Gasteiger partial charge in [0.2, 0.25) is 0 Å². The van der Waals surface area contributed by atoms with E-state index in [2.05, 4.69) is 4.74 Å². The summed E-state index contributed by atoms with van der Waals surface area (Å²) in [6.45, 7) is -2.01. The fourth-order valence-electron chi connectivity index (χ4n) is 2.22. The van der Waals surface area contributed by atoms with E-state index in [4.69, 9.17) is 11.6 Å². The number of rotatable bonds is 5. The Labute approximate surface area is 169 Å². The Balaban J connectivity index is 2.03. The van der Waals surface area contributed by atoms with Gasteiger partial charge in [-0.15, -0.1) is 0 Å². The Morgan fingerprint density at radius 2 is 1.70 bits per heavy atom. The number of hydrogen-bond acceptors (Lipinski definition) is 4. The zero-order chi connectivity index (χ0) is 22.7. The molecule has 0 fully saturated rings. The molecule has 1 aromatic heterocycles. The molecular formula is C17H11ClF6N2O4. The molecule has 1 aromatic carbocycles. The topological polar surface area (TPSA) is 77.4 Å². The SMILES string of the molecule is O=C(COC(=O)Cn1cc(C(F)(F)F)ccc1=O)Nc1c(Cl)cccc1C(F)(F)F. The first-order valence-corrected chi connectivity index (χ1v) is 8.25. The van der Waals surface area contributed by atoms with Crippen molar-refractivity contribution >= 4 is 29.2 Å². The minimum atomic E-state index is -4.82. The number of aromatic nitrogens is 1. The summed E-state index contributed by atoms with van der Waals surface area (Å²) < 4.78 is 81.9. The van der Waals surface area contributed by atoms with Gasteiger partial charge in [-0.1, -0.05) is 17.7 Å². The number of benzene rings is 1. The van der Waals surface area contributed by atoms with Crippen LogP contribution in [0.15, 0.2) is 41.3 Å². The largest absolute Gasteiger partial charge is 0.454 e. The maximum atomic E-state index is 13.0. The Hall–Kier alpha value is -3.02. The van der Waals surface area contributed by atoms with Gasteiger partial charge in [0, 0.05) is 12.3 Å². The molecule has 6 nitrogen and oxygen atoms in total. The molecule has 30 heavy (non-hydrogen) atoms. The Morgan fingerprint density at radius 3 is 2.30 bits per heavy atom. The van der Waals surface area contributed by atoms with Crippen molar-refractivity contribution in [3.8, 4) is 0 Å². The molecule has 0 spiro atoms. The zero-order valence-electron chi connectivity index (χ0n) is 14.6. The highest BCUT2D eigenvalue weighted by Crippen LogP contribution is 2.38. The van der Waals surface area contributed by atoms with Crippen molar-refractivity contribution in [2.24, 2.45) is 0 Å². The van der Waals surface area contributed by atoms with Gasteiger partial charge < -0.3 is 14.6 Å². The fourth-order valence-corrected chi connectivity index (χ4v) is 2.44. The summed E-state index contributed by atoms with van der Waals surface area (Å²) in [5.41, 5.74) is -4.10. The van der Waals surface area contributed by atoms with Gasteiger partial charge in [-0.3, -0.25) is 14.4 Å². The predicted molar refractivity (Wildman–Crippen MR) is 91.7 cm³/mol. The first-order chi connectivity index (χ1) is 13.8. The molecule has 0 unspecified atom stereocenters. The van der Waals surface area contributed by atoms with E-state index < -0.39 is 64.8 Å². The van der Waals surface area contributed by atoms with E-state index in [1.54, 1.807) is 0 Å². The molecule has 1 heterocycles. The van der Waals surface area contributed by atoms with E-state index in [0.29, 0.717) is 29.0 Å². The van der Waals surface area contributed by atoms with Gasteiger partial charge in [0.15, 0.2) is 6.61 Å². The zero-order valence-corrected chi connectivity index (χ0v) is 15.4. The molecule has 0 atom stereocenters. The summed E-state index contributed by atoms with van der Waals surface area (Å²) >= 11 is 5.67. The molecule has 1 amide bonds. The molecule has 0 aliphatic heterocycles. The van der Waals surface area contributed by atoms with Crippen molar-refractivity contribution in [3.63, 3.8) is 0 Å². The number of ether oxygens (including phenoxy) is 1. The number of anilines is 1. The van der Waals surface area contributed by atoms with Crippen molar-refractivity contribution in [1.82, 2.24) is 4.57 Å². The average molecular weight is 457 g/mol. The Bertz CT molecular complexity index is 1020. The summed E-state index contributed by atoms with van der Waals surface area (Å²) in [6, 6.07) is 3.91. The summed E-state index contributed by atoms with van der Waals surface area (Å²) in [5, 5.41) is 1.44. The minimum absolute atomic E-state index is 0.392. The number of amides is 1. The summed E-state index contributed by atoms with van der Waals surface area (Å²) in [6.07, 6.45) is -9.19. The van der Waals surface area contributed by atoms with Crippen LogP contribution in [-0.2, 0) is 33.2 Å². The number of hydrogen-bond donors (Lipinski definition) is 1. The summed E-state index contributed by atoms with van der Waals surface area (Å²) in [4.78, 5) is 35.1. The van der Waals surface area contributed by atoms with Gasteiger partial charge in [-0.25, -0.2) is 0 Å². The van der Waals surface area contributed by atoms with Gasteiger partial charge in [0.1, 0.15) is 6.54 Å². The third-order valence-corrected chi connectivity index (χ3v) is 3.87. The van der Waals surface area contributed by atoms with E-state index in [9.17, 15) is 40.7 Å². The second-order valence-corrected chi connectivity index (χ2v) is 6.16. The van der Waals surface area contributed by atoms with Crippen LogP contribution in [0.2, 0.25) is 5.02 Å². The van der Waals surface area contributed by atoms with Crippen molar-refractivity contribution in [2.45, 2.75) is 18.9 Å². The molecule has 0 saturated carbocycles. The molecule has 162 valence electrons. The van der Waals surface area contributed by atoms with Crippen molar-refractivity contribution in [2.75, 3.05) is 11.9 Å². The molecule has 0 bridgehead atoms. The lowest BCUT2D eigenvalue weighted by molar-refractivity contribution is -0.148. The molecule has 0 aliphatic carbocycles. The molecule has 0 radical (unpaired) electrons. The first kappa shape index (κ1) is 23.3. The molecule has 2 aromatic rings. The number of nitrogens with one attached hydrogen (secondary N) is 1. The third-order valence-electron chi connectivity index (χ3n) is 3.56. The third kappa shape index (κ3) is 5.99. The summed E-state index contributed by atoms with van der Waals surface area (Å²) in [7, 11) is 0. The van der Waals surface area contributed by atoms with E-state index in [1.165, 1.54) is 0 Å². The van der Waals surface area contributed by atoms with Crippen LogP contribution in [0.3, 0.4) is 0 Å². The number of nitrogens with zero attached hydrogens (tertiary/aromatic N) is 1. The lowest BCUT2D eigenvalue weighted by Crippen LogP contribution is -2.28. The second kappa shape index (κ2) is 8.78. The number of halogens is 7. The number of carbonyl (C=O) groups excluding carboxylic acids is 2. The van der Waals surface area contributed by atoms with Crippen LogP contribution in [0, 0.1) is 0 Å². The van der Waals surface area contributed by atoms with E-state index >= 15 is 0 Å². The number of pyridine rings is 1. The lowest BCUT2D eigenvalue weighted by atomic mass is 10.1. The van der Waals surface area contributed by atoms with Gasteiger partial charge in [0.05, 0.1) is 21.8 Å². The van der Waals surface area contributed by atoms with E-state index in [-0.39, 0.29) is 0 Å². The first-order valence-electron chi connectivity index (χ1n) is 7.88. The fraction of sp³-hybridized carbons (Fsp3) is 0.235. The van der Waals surface area contributed by atoms with Crippen molar-refractivity contribution in [3.05, 3.63) is 63.0 Å². The number of para-hydroxylation sites is 1. The van der Waals surface area contributed by atoms with E-state index in [1.807, 2.05) is 5.32 Å². The molecule has 1 N–H and O–H groups in total. The van der Waals surface area contributed by atoms with Crippen LogP contribution in [0.25, 0.3) is 0 Å². The maximum Gasteiger partial charge on any atom is 0.418 e. The molecular weight excluding hydrogens is 446 g/mol. The molecule has 2 rings (SSSR count). The number of carbonyl (C=O) groups is 2. The van der Waals surface area contributed by atoms with Gasteiger partial charge >= 0.3 is 18.3 Å². The maximum absolute atomic E-state index is 13.0. The quantitative estimate of drug-likeness (QED) is 0.549. The highest BCUT2D eigenvalue weighted by Gasteiger charge is 2.35. The van der Waals surface area contributed by atoms with Crippen LogP contribution in [0.1, 0.15) is 11.1 Å².